The molecule has 1 atom stereocenters. The molecule has 2 rings (SSSR count). The van der Waals surface area contributed by atoms with Crippen LogP contribution in [0.4, 0.5) is 4.39 Å². The molecular weight excluding hydrogens is 243 g/mol. The first-order valence-electron chi connectivity index (χ1n) is 6.60. The molecule has 1 fully saturated rings. The van der Waals surface area contributed by atoms with Gasteiger partial charge in [0.15, 0.2) is 0 Å². The number of nitrogens with zero attached hydrogens (tertiary/aromatic N) is 2. The smallest absolute Gasteiger partial charge is 0.223 e. The predicted octanol–water partition coefficient (Wildman–Crippen LogP) is 2.85. The molecule has 1 aliphatic heterocycles. The van der Waals surface area contributed by atoms with Crippen molar-refractivity contribution in [3.8, 4) is 6.07 Å². The van der Waals surface area contributed by atoms with Gasteiger partial charge in [0.25, 0.3) is 0 Å². The van der Waals surface area contributed by atoms with Crippen LogP contribution in [0.25, 0.3) is 0 Å². The van der Waals surface area contributed by atoms with Gasteiger partial charge in [-0.1, -0.05) is 19.4 Å². The van der Waals surface area contributed by atoms with E-state index in [1.165, 1.54) is 12.1 Å². The van der Waals surface area contributed by atoms with Gasteiger partial charge in [-0.25, -0.2) is 4.39 Å². The first-order chi connectivity index (χ1) is 9.13. The second kappa shape index (κ2) is 5.83. The number of amides is 1. The molecule has 1 aromatic carbocycles. The molecule has 1 aromatic rings. The van der Waals surface area contributed by atoms with Gasteiger partial charge in [0.1, 0.15) is 11.9 Å². The molecule has 0 saturated carbocycles. The summed E-state index contributed by atoms with van der Waals surface area (Å²) in [5.41, 5.74) is 0.845. The van der Waals surface area contributed by atoms with Gasteiger partial charge in [-0.05, 0) is 30.0 Å². The van der Waals surface area contributed by atoms with Crippen LogP contribution in [0.2, 0.25) is 0 Å². The van der Waals surface area contributed by atoms with Gasteiger partial charge in [-0.2, -0.15) is 5.26 Å². The summed E-state index contributed by atoms with van der Waals surface area (Å²) in [5, 5.41) is 8.80. The van der Waals surface area contributed by atoms with Crippen LogP contribution in [0.3, 0.4) is 0 Å². The summed E-state index contributed by atoms with van der Waals surface area (Å²) in [5.74, 6) is 0.0810. The fraction of sp³-hybridized carbons (Fsp3) is 0.467. The highest BCUT2D eigenvalue weighted by atomic mass is 19.1. The van der Waals surface area contributed by atoms with E-state index in [0.29, 0.717) is 18.9 Å². The fourth-order valence-electron chi connectivity index (χ4n) is 2.59. The SMILES string of the molecule is CCCC1CC(=O)N(Cc2ccc(F)c(C#N)c2)C1. The minimum atomic E-state index is -0.511. The third-order valence-corrected chi connectivity index (χ3v) is 3.52. The molecule has 0 N–H and O–H groups in total. The summed E-state index contributed by atoms with van der Waals surface area (Å²) in [7, 11) is 0. The number of hydrogen-bond acceptors (Lipinski definition) is 2. The van der Waals surface area contributed by atoms with Crippen LogP contribution in [-0.4, -0.2) is 17.4 Å². The molecule has 3 nitrogen and oxygen atoms in total. The van der Waals surface area contributed by atoms with Crippen molar-refractivity contribution < 1.29 is 9.18 Å². The van der Waals surface area contributed by atoms with E-state index in [4.69, 9.17) is 5.26 Å². The number of hydrogen-bond donors (Lipinski definition) is 0. The topological polar surface area (TPSA) is 44.1 Å². The van der Waals surface area contributed by atoms with Crippen molar-refractivity contribution in [3.05, 3.63) is 35.1 Å². The third kappa shape index (κ3) is 3.11. The van der Waals surface area contributed by atoms with Crippen molar-refractivity contribution >= 4 is 5.91 Å². The standard InChI is InChI=1S/C15H17FN2O/c1-2-3-11-7-15(19)18(9-11)10-12-4-5-14(16)13(6-12)8-17/h4-6,11H,2-3,7,9-10H2,1H3. The van der Waals surface area contributed by atoms with Crippen molar-refractivity contribution in [2.45, 2.75) is 32.7 Å². The number of rotatable bonds is 4. The average molecular weight is 260 g/mol. The van der Waals surface area contributed by atoms with Crippen LogP contribution in [0, 0.1) is 23.1 Å². The Hall–Kier alpha value is -1.89. The van der Waals surface area contributed by atoms with E-state index in [-0.39, 0.29) is 11.5 Å². The van der Waals surface area contributed by atoms with E-state index in [1.54, 1.807) is 11.0 Å². The Balaban J connectivity index is 2.06. The number of benzene rings is 1. The summed E-state index contributed by atoms with van der Waals surface area (Å²) in [6.07, 6.45) is 2.76. The highest BCUT2D eigenvalue weighted by molar-refractivity contribution is 5.78. The lowest BCUT2D eigenvalue weighted by Gasteiger charge is -2.16. The molecule has 0 aromatic heterocycles. The monoisotopic (exact) mass is 260 g/mol. The van der Waals surface area contributed by atoms with E-state index in [0.717, 1.165) is 24.9 Å². The molecular formula is C15H17FN2O. The predicted molar refractivity (Wildman–Crippen MR) is 69.5 cm³/mol. The number of carbonyl (C=O) groups excluding carboxylic acids is 1. The van der Waals surface area contributed by atoms with Crippen molar-refractivity contribution in [2.24, 2.45) is 5.92 Å². The zero-order chi connectivity index (χ0) is 13.8. The van der Waals surface area contributed by atoms with Crippen LogP contribution in [0.5, 0.6) is 0 Å². The Bertz CT molecular complexity index is 521. The van der Waals surface area contributed by atoms with Crippen LogP contribution in [0.15, 0.2) is 18.2 Å². The van der Waals surface area contributed by atoms with E-state index in [1.807, 2.05) is 6.07 Å². The lowest BCUT2D eigenvalue weighted by molar-refractivity contribution is -0.128. The first kappa shape index (κ1) is 13.5. The second-order valence-corrected chi connectivity index (χ2v) is 5.06. The zero-order valence-electron chi connectivity index (χ0n) is 11.0. The summed E-state index contributed by atoms with van der Waals surface area (Å²) in [4.78, 5) is 13.7. The van der Waals surface area contributed by atoms with Crippen molar-refractivity contribution in [1.82, 2.24) is 4.90 Å². The molecule has 1 aliphatic rings. The molecule has 0 bridgehead atoms. The minimum absolute atomic E-state index is 0.0363. The summed E-state index contributed by atoms with van der Waals surface area (Å²) >= 11 is 0. The molecule has 100 valence electrons. The lowest BCUT2D eigenvalue weighted by atomic mass is 10.0. The Labute approximate surface area is 112 Å². The van der Waals surface area contributed by atoms with Crippen LogP contribution in [-0.2, 0) is 11.3 Å². The Morgan fingerprint density at radius 3 is 3.00 bits per heavy atom. The van der Waals surface area contributed by atoms with E-state index in [2.05, 4.69) is 6.92 Å². The number of likely N-dealkylation sites (tertiary alicyclic amines) is 1. The largest absolute Gasteiger partial charge is 0.338 e. The quantitative estimate of drug-likeness (QED) is 0.835. The molecule has 0 aliphatic carbocycles. The molecule has 0 radical (unpaired) electrons. The Morgan fingerprint density at radius 1 is 1.53 bits per heavy atom. The fourth-order valence-corrected chi connectivity index (χ4v) is 2.59. The highest BCUT2D eigenvalue weighted by Crippen LogP contribution is 2.24. The maximum absolute atomic E-state index is 13.2. The van der Waals surface area contributed by atoms with E-state index in [9.17, 15) is 9.18 Å². The number of carbonyl (C=O) groups is 1. The lowest BCUT2D eigenvalue weighted by Crippen LogP contribution is -2.24. The normalized spacial score (nSPS) is 18.7. The number of halogens is 1. The summed E-state index contributed by atoms with van der Waals surface area (Å²) in [6, 6.07) is 6.27. The van der Waals surface area contributed by atoms with Gasteiger partial charge < -0.3 is 4.90 Å². The summed E-state index contributed by atoms with van der Waals surface area (Å²) < 4.78 is 13.2. The van der Waals surface area contributed by atoms with Crippen molar-refractivity contribution in [3.63, 3.8) is 0 Å². The van der Waals surface area contributed by atoms with Crippen LogP contribution < -0.4 is 0 Å². The minimum Gasteiger partial charge on any atom is -0.338 e. The molecule has 1 unspecified atom stereocenters. The molecule has 4 heteroatoms. The van der Waals surface area contributed by atoms with Crippen LogP contribution >= 0.6 is 0 Å². The maximum atomic E-state index is 13.2. The van der Waals surface area contributed by atoms with Gasteiger partial charge in [-0.3, -0.25) is 4.79 Å². The molecule has 19 heavy (non-hydrogen) atoms. The van der Waals surface area contributed by atoms with Gasteiger partial charge in [0.2, 0.25) is 5.91 Å². The van der Waals surface area contributed by atoms with Gasteiger partial charge in [0, 0.05) is 19.5 Å². The van der Waals surface area contributed by atoms with Crippen molar-refractivity contribution in [1.29, 1.82) is 5.26 Å². The molecule has 1 amide bonds. The van der Waals surface area contributed by atoms with E-state index < -0.39 is 5.82 Å². The third-order valence-electron chi connectivity index (χ3n) is 3.52. The Kier molecular flexibility index (Phi) is 4.16. The second-order valence-electron chi connectivity index (χ2n) is 5.06. The first-order valence-corrected chi connectivity index (χ1v) is 6.60. The van der Waals surface area contributed by atoms with Gasteiger partial charge in [-0.15, -0.1) is 0 Å². The average Bonchev–Trinajstić information content (AvgIpc) is 2.72. The Morgan fingerprint density at radius 2 is 2.32 bits per heavy atom. The highest BCUT2D eigenvalue weighted by Gasteiger charge is 2.28. The zero-order valence-corrected chi connectivity index (χ0v) is 11.0. The number of nitriles is 1. The maximum Gasteiger partial charge on any atom is 0.223 e. The van der Waals surface area contributed by atoms with Crippen LogP contribution in [0.1, 0.15) is 37.3 Å². The van der Waals surface area contributed by atoms with Gasteiger partial charge >= 0.3 is 0 Å². The van der Waals surface area contributed by atoms with Crippen molar-refractivity contribution in [2.75, 3.05) is 6.54 Å². The molecule has 1 saturated heterocycles. The van der Waals surface area contributed by atoms with Gasteiger partial charge in [0.05, 0.1) is 5.56 Å². The molecule has 1 heterocycles. The molecule has 0 spiro atoms. The van der Waals surface area contributed by atoms with E-state index >= 15 is 0 Å². The summed E-state index contributed by atoms with van der Waals surface area (Å²) in [6.45, 7) is 3.35.